The first-order valence-electron chi connectivity index (χ1n) is 13.4. The number of ether oxygens (including phenoxy) is 3. The van der Waals surface area contributed by atoms with Gasteiger partial charge in [-0.15, -0.1) is 0 Å². The third-order valence-corrected chi connectivity index (χ3v) is 6.16. The molecule has 216 valence electrons. The molecule has 0 spiro atoms. The van der Waals surface area contributed by atoms with Crippen molar-refractivity contribution in [2.24, 2.45) is 0 Å². The number of nitrogens with one attached hydrogen (secondary N) is 2. The number of hydrogen-bond donors (Lipinski definition) is 3. The molecule has 0 aliphatic heterocycles. The molecule has 1 atom stereocenters. The molecular formula is C33H32N2O7. The number of carbonyl (C=O) groups excluding carboxylic acids is 2. The summed E-state index contributed by atoms with van der Waals surface area (Å²) >= 11 is 0. The zero-order valence-corrected chi connectivity index (χ0v) is 22.9. The van der Waals surface area contributed by atoms with E-state index in [4.69, 9.17) is 14.2 Å². The third-order valence-electron chi connectivity index (χ3n) is 6.16. The lowest BCUT2D eigenvalue weighted by Gasteiger charge is -2.18. The molecule has 2 amide bonds. The van der Waals surface area contributed by atoms with Gasteiger partial charge in [0.1, 0.15) is 32.4 Å². The zero-order chi connectivity index (χ0) is 29.6. The quantitative estimate of drug-likeness (QED) is 0.198. The Kier molecular flexibility index (Phi) is 10.9. The summed E-state index contributed by atoms with van der Waals surface area (Å²) in [7, 11) is 0. The molecule has 0 bridgehead atoms. The van der Waals surface area contributed by atoms with Gasteiger partial charge < -0.3 is 30.0 Å². The van der Waals surface area contributed by atoms with Gasteiger partial charge in [-0.1, -0.05) is 97.1 Å². The largest absolute Gasteiger partial charge is 0.485 e. The summed E-state index contributed by atoms with van der Waals surface area (Å²) in [5, 5.41) is 14.6. The number of aliphatic carboxylic acids is 1. The summed E-state index contributed by atoms with van der Waals surface area (Å²) in [6, 6.07) is 32.4. The molecule has 0 saturated carbocycles. The summed E-state index contributed by atoms with van der Waals surface area (Å²) in [6.45, 7) is 0.231. The number of hydrogen-bond acceptors (Lipinski definition) is 6. The van der Waals surface area contributed by atoms with Crippen LogP contribution in [0.15, 0.2) is 109 Å². The first kappa shape index (κ1) is 29.7. The molecule has 0 aliphatic carbocycles. The Morgan fingerprint density at radius 2 is 1.17 bits per heavy atom. The summed E-state index contributed by atoms with van der Waals surface area (Å²) in [4.78, 5) is 36.4. The van der Waals surface area contributed by atoms with Crippen molar-refractivity contribution < 1.29 is 33.7 Å². The van der Waals surface area contributed by atoms with E-state index in [-0.39, 0.29) is 19.6 Å². The fraction of sp³-hybridized carbons (Fsp3) is 0.182. The highest BCUT2D eigenvalue weighted by atomic mass is 16.5. The van der Waals surface area contributed by atoms with Gasteiger partial charge in [0, 0.05) is 6.42 Å². The molecule has 3 N–H and O–H groups in total. The van der Waals surface area contributed by atoms with Crippen LogP contribution in [0.4, 0.5) is 4.79 Å². The van der Waals surface area contributed by atoms with Gasteiger partial charge in [-0.05, 0) is 34.4 Å². The lowest BCUT2D eigenvalue weighted by atomic mass is 10.0. The molecular weight excluding hydrogens is 536 g/mol. The van der Waals surface area contributed by atoms with Gasteiger partial charge >= 0.3 is 12.1 Å². The van der Waals surface area contributed by atoms with Crippen LogP contribution in [0.5, 0.6) is 11.5 Å². The highest BCUT2D eigenvalue weighted by molar-refractivity contribution is 5.86. The second-order valence-corrected chi connectivity index (χ2v) is 9.41. The minimum atomic E-state index is -1.24. The molecule has 0 unspecified atom stereocenters. The van der Waals surface area contributed by atoms with Crippen LogP contribution in [0, 0.1) is 0 Å². The molecule has 4 rings (SSSR count). The van der Waals surface area contributed by atoms with Gasteiger partial charge in [0.05, 0.1) is 0 Å². The van der Waals surface area contributed by atoms with E-state index in [1.165, 1.54) is 0 Å². The van der Waals surface area contributed by atoms with Crippen molar-refractivity contribution in [3.63, 3.8) is 0 Å². The molecule has 9 heteroatoms. The summed E-state index contributed by atoms with van der Waals surface area (Å²) in [6.07, 6.45) is -0.799. The Hall–Kier alpha value is -5.31. The topological polar surface area (TPSA) is 123 Å². The van der Waals surface area contributed by atoms with E-state index in [0.29, 0.717) is 23.7 Å². The Bertz CT molecular complexity index is 1450. The Morgan fingerprint density at radius 3 is 1.71 bits per heavy atom. The van der Waals surface area contributed by atoms with Crippen molar-refractivity contribution in [1.82, 2.24) is 10.6 Å². The van der Waals surface area contributed by atoms with E-state index in [1.54, 1.807) is 30.3 Å². The van der Waals surface area contributed by atoms with Crippen molar-refractivity contribution in [3.8, 4) is 11.5 Å². The molecule has 42 heavy (non-hydrogen) atoms. The maximum atomic E-state index is 12.4. The standard InChI is InChI=1S/C33H32N2O7/c36-31(20-34-33(39)42-23-26-14-8-3-9-15-26)35-28(32(37)38)18-27-16-17-29(40-21-24-10-4-1-5-11-24)30(19-27)41-22-25-12-6-2-7-13-25/h1-17,19,28H,18,20-23H2,(H,34,39)(H,35,36)(H,37,38)/t28-/m0/s1. The van der Waals surface area contributed by atoms with Crippen LogP contribution in [0.3, 0.4) is 0 Å². The van der Waals surface area contributed by atoms with Crippen molar-refractivity contribution in [2.75, 3.05) is 6.54 Å². The van der Waals surface area contributed by atoms with Crippen LogP contribution in [0.1, 0.15) is 22.3 Å². The van der Waals surface area contributed by atoms with Gasteiger partial charge in [0.2, 0.25) is 5.91 Å². The summed E-state index contributed by atoms with van der Waals surface area (Å²) in [5.74, 6) is -0.924. The first-order chi connectivity index (χ1) is 20.5. The molecule has 0 aromatic heterocycles. The molecule has 4 aromatic rings. The first-order valence-corrected chi connectivity index (χ1v) is 13.4. The second kappa shape index (κ2) is 15.5. The Morgan fingerprint density at radius 1 is 0.643 bits per heavy atom. The van der Waals surface area contributed by atoms with E-state index in [1.807, 2.05) is 78.9 Å². The average Bonchev–Trinajstić information content (AvgIpc) is 3.02. The maximum absolute atomic E-state index is 12.4. The summed E-state index contributed by atoms with van der Waals surface area (Å²) in [5.41, 5.74) is 3.36. The van der Waals surface area contributed by atoms with Crippen LogP contribution in [0.2, 0.25) is 0 Å². The molecule has 0 heterocycles. The molecule has 0 fully saturated rings. The molecule has 4 aromatic carbocycles. The smallest absolute Gasteiger partial charge is 0.407 e. The van der Waals surface area contributed by atoms with Gasteiger partial charge in [-0.2, -0.15) is 0 Å². The van der Waals surface area contributed by atoms with Crippen LogP contribution in [0.25, 0.3) is 0 Å². The number of rotatable bonds is 14. The molecule has 0 saturated heterocycles. The Balaban J connectivity index is 1.36. The zero-order valence-electron chi connectivity index (χ0n) is 22.9. The van der Waals surface area contributed by atoms with Crippen LogP contribution in [-0.4, -0.2) is 35.7 Å². The highest BCUT2D eigenvalue weighted by Crippen LogP contribution is 2.30. The minimum absolute atomic E-state index is 0.0137. The van der Waals surface area contributed by atoms with Crippen LogP contribution < -0.4 is 20.1 Å². The fourth-order valence-corrected chi connectivity index (χ4v) is 3.99. The monoisotopic (exact) mass is 568 g/mol. The van der Waals surface area contributed by atoms with E-state index in [9.17, 15) is 19.5 Å². The van der Waals surface area contributed by atoms with Gasteiger partial charge in [0.25, 0.3) is 0 Å². The number of alkyl carbamates (subject to hydrolysis) is 1. The third kappa shape index (κ3) is 9.71. The van der Waals surface area contributed by atoms with Crippen molar-refractivity contribution in [3.05, 3.63) is 131 Å². The van der Waals surface area contributed by atoms with Crippen LogP contribution >= 0.6 is 0 Å². The van der Waals surface area contributed by atoms with Gasteiger partial charge in [-0.25, -0.2) is 9.59 Å². The Labute approximate surface area is 244 Å². The van der Waals surface area contributed by atoms with E-state index in [2.05, 4.69) is 10.6 Å². The SMILES string of the molecule is O=C(CNC(=O)OCc1ccccc1)N[C@@H](Cc1ccc(OCc2ccccc2)c(OCc2ccccc2)c1)C(=O)O. The summed E-state index contributed by atoms with van der Waals surface area (Å²) < 4.78 is 17.2. The molecule has 0 aliphatic rings. The van der Waals surface area contributed by atoms with E-state index in [0.717, 1.165) is 16.7 Å². The highest BCUT2D eigenvalue weighted by Gasteiger charge is 2.22. The predicted octanol–water partition coefficient (Wildman–Crippen LogP) is 4.88. The fourth-order valence-electron chi connectivity index (χ4n) is 3.99. The van der Waals surface area contributed by atoms with Gasteiger partial charge in [-0.3, -0.25) is 4.79 Å². The number of carbonyl (C=O) groups is 3. The maximum Gasteiger partial charge on any atom is 0.407 e. The second-order valence-electron chi connectivity index (χ2n) is 9.41. The van der Waals surface area contributed by atoms with Gasteiger partial charge in [0.15, 0.2) is 11.5 Å². The number of benzene rings is 4. The van der Waals surface area contributed by atoms with Crippen molar-refractivity contribution in [1.29, 1.82) is 0 Å². The van der Waals surface area contributed by atoms with Crippen molar-refractivity contribution in [2.45, 2.75) is 32.3 Å². The predicted molar refractivity (Wildman–Crippen MR) is 156 cm³/mol. The number of amides is 2. The van der Waals surface area contributed by atoms with E-state index < -0.39 is 30.6 Å². The lowest BCUT2D eigenvalue weighted by molar-refractivity contribution is -0.141. The number of carboxylic acid groups (broad SMARTS) is 1. The number of carboxylic acids is 1. The molecule has 0 radical (unpaired) electrons. The minimum Gasteiger partial charge on any atom is -0.485 e. The van der Waals surface area contributed by atoms with Crippen molar-refractivity contribution >= 4 is 18.0 Å². The normalized spacial score (nSPS) is 11.1. The van der Waals surface area contributed by atoms with Crippen LogP contribution in [-0.2, 0) is 40.6 Å². The molecule has 9 nitrogen and oxygen atoms in total. The van der Waals surface area contributed by atoms with E-state index >= 15 is 0 Å². The lowest BCUT2D eigenvalue weighted by Crippen LogP contribution is -2.46. The average molecular weight is 569 g/mol.